The Balaban J connectivity index is 2.67. The highest BCUT2D eigenvalue weighted by atomic mass is 16.5. The molecule has 4 nitrogen and oxygen atoms in total. The molecule has 0 heterocycles. The summed E-state index contributed by atoms with van der Waals surface area (Å²) in [6.07, 6.45) is 10.6. The number of carbonyl (C=O) groups excluding carboxylic acids is 2. The Morgan fingerprint density at radius 2 is 2.05 bits per heavy atom. The molecule has 19 heavy (non-hydrogen) atoms. The summed E-state index contributed by atoms with van der Waals surface area (Å²) in [5, 5.41) is 0. The van der Waals surface area contributed by atoms with Gasteiger partial charge in [0.1, 0.15) is 6.29 Å². The van der Waals surface area contributed by atoms with E-state index in [1.165, 1.54) is 12.2 Å². The third kappa shape index (κ3) is 4.26. The fourth-order valence-corrected chi connectivity index (χ4v) is 1.80. The van der Waals surface area contributed by atoms with E-state index in [0.717, 1.165) is 19.1 Å². The van der Waals surface area contributed by atoms with Crippen LogP contribution in [0.15, 0.2) is 37.0 Å². The lowest BCUT2D eigenvalue weighted by Gasteiger charge is -2.36. The van der Waals surface area contributed by atoms with Crippen molar-refractivity contribution in [3.05, 3.63) is 37.0 Å². The number of ketones is 1. The number of allylic oxidation sites excluding steroid dienone is 3. The second-order valence-corrected chi connectivity index (χ2v) is 4.79. The van der Waals surface area contributed by atoms with Crippen LogP contribution >= 0.6 is 0 Å². The molecule has 0 aromatic heterocycles. The van der Waals surface area contributed by atoms with Crippen LogP contribution in [0.4, 0.5) is 0 Å². The molecule has 0 saturated heterocycles. The van der Waals surface area contributed by atoms with Crippen molar-refractivity contribution < 1.29 is 14.3 Å². The molecule has 0 aromatic carbocycles. The van der Waals surface area contributed by atoms with E-state index >= 15 is 0 Å². The predicted molar refractivity (Wildman–Crippen MR) is 74.6 cm³/mol. The Bertz CT molecular complexity index is 380. The van der Waals surface area contributed by atoms with Gasteiger partial charge in [0.05, 0.1) is 6.61 Å². The fourth-order valence-electron chi connectivity index (χ4n) is 1.80. The summed E-state index contributed by atoms with van der Waals surface area (Å²) in [4.78, 5) is 24.0. The highest BCUT2D eigenvalue weighted by Gasteiger charge is 2.31. The van der Waals surface area contributed by atoms with Crippen molar-refractivity contribution in [2.24, 2.45) is 5.92 Å². The number of nitrogens with zero attached hydrogens (tertiary/aromatic N) is 1. The third-order valence-electron chi connectivity index (χ3n) is 3.13. The normalized spacial score (nSPS) is 18.6. The maximum absolute atomic E-state index is 11.2. The predicted octanol–water partition coefficient (Wildman–Crippen LogP) is 1.74. The van der Waals surface area contributed by atoms with Crippen molar-refractivity contribution in [2.75, 3.05) is 20.7 Å². The van der Waals surface area contributed by atoms with Gasteiger partial charge >= 0.3 is 0 Å². The molecule has 0 fully saturated rings. The average Bonchev–Trinajstić information content (AvgIpc) is 2.41. The fraction of sp³-hybridized carbons (Fsp3) is 0.467. The quantitative estimate of drug-likeness (QED) is 0.380. The van der Waals surface area contributed by atoms with Crippen LogP contribution in [0, 0.1) is 5.92 Å². The van der Waals surface area contributed by atoms with E-state index in [1.807, 2.05) is 19.0 Å². The standard InChI is InChI=1S/C15H21NO3/c1-4-5-6-13(11-17)12-19-15(16(2)3)9-7-14(18)8-10-15/h4,7-11,13H,1,5-6,12H2,2-3H3. The summed E-state index contributed by atoms with van der Waals surface area (Å²) in [5.74, 6) is -0.214. The van der Waals surface area contributed by atoms with Gasteiger partial charge in [0.2, 0.25) is 0 Å². The highest BCUT2D eigenvalue weighted by molar-refractivity contribution is 6.00. The van der Waals surface area contributed by atoms with Crippen molar-refractivity contribution in [3.63, 3.8) is 0 Å². The lowest BCUT2D eigenvalue weighted by atomic mass is 10.0. The Hall–Kier alpha value is -1.52. The molecule has 1 unspecified atom stereocenters. The smallest absolute Gasteiger partial charge is 0.178 e. The first kappa shape index (κ1) is 15.5. The Labute approximate surface area is 114 Å². The molecule has 1 rings (SSSR count). The summed E-state index contributed by atoms with van der Waals surface area (Å²) in [6.45, 7) is 3.96. The largest absolute Gasteiger partial charge is 0.352 e. The molecule has 0 amide bonds. The third-order valence-corrected chi connectivity index (χ3v) is 3.13. The molecule has 0 saturated carbocycles. The summed E-state index contributed by atoms with van der Waals surface area (Å²) < 4.78 is 5.86. The average molecular weight is 263 g/mol. The van der Waals surface area contributed by atoms with E-state index in [-0.39, 0.29) is 11.7 Å². The molecule has 1 atom stereocenters. The topological polar surface area (TPSA) is 46.6 Å². The van der Waals surface area contributed by atoms with E-state index in [1.54, 1.807) is 18.2 Å². The number of hydrogen-bond acceptors (Lipinski definition) is 4. The minimum absolute atomic E-state index is 0.0559. The molecule has 0 radical (unpaired) electrons. The monoisotopic (exact) mass is 263 g/mol. The van der Waals surface area contributed by atoms with E-state index in [2.05, 4.69) is 6.58 Å². The number of hydrogen-bond donors (Lipinski definition) is 0. The van der Waals surface area contributed by atoms with Gasteiger partial charge in [-0.2, -0.15) is 0 Å². The molecule has 0 bridgehead atoms. The first-order valence-electron chi connectivity index (χ1n) is 6.34. The lowest BCUT2D eigenvalue weighted by Crippen LogP contribution is -2.45. The van der Waals surface area contributed by atoms with Gasteiger partial charge in [-0.25, -0.2) is 0 Å². The van der Waals surface area contributed by atoms with Crippen LogP contribution in [0.3, 0.4) is 0 Å². The van der Waals surface area contributed by atoms with Crippen molar-refractivity contribution in [1.29, 1.82) is 0 Å². The minimum Gasteiger partial charge on any atom is -0.352 e. The zero-order valence-corrected chi connectivity index (χ0v) is 11.5. The van der Waals surface area contributed by atoms with E-state index in [4.69, 9.17) is 4.74 Å². The second-order valence-electron chi connectivity index (χ2n) is 4.79. The number of aldehydes is 1. The van der Waals surface area contributed by atoms with E-state index in [0.29, 0.717) is 6.61 Å². The van der Waals surface area contributed by atoms with Gasteiger partial charge in [0.25, 0.3) is 0 Å². The van der Waals surface area contributed by atoms with Crippen LogP contribution in [-0.4, -0.2) is 43.4 Å². The molecule has 0 N–H and O–H groups in total. The van der Waals surface area contributed by atoms with Gasteiger partial charge in [-0.15, -0.1) is 6.58 Å². The zero-order valence-electron chi connectivity index (χ0n) is 11.5. The molecule has 0 aliphatic heterocycles. The van der Waals surface area contributed by atoms with Crippen molar-refractivity contribution in [2.45, 2.75) is 18.6 Å². The Kier molecular flexibility index (Phi) is 5.86. The molecule has 1 aliphatic rings. The van der Waals surface area contributed by atoms with Crippen molar-refractivity contribution in [3.8, 4) is 0 Å². The molecule has 1 aliphatic carbocycles. The van der Waals surface area contributed by atoms with Crippen LogP contribution in [-0.2, 0) is 14.3 Å². The SMILES string of the molecule is C=CCCC(C=O)COC1(N(C)C)C=CC(=O)C=C1. The van der Waals surface area contributed by atoms with Crippen LogP contribution in [0.25, 0.3) is 0 Å². The van der Waals surface area contributed by atoms with Gasteiger partial charge in [-0.05, 0) is 51.2 Å². The van der Waals surface area contributed by atoms with Crippen LogP contribution in [0.2, 0.25) is 0 Å². The number of ether oxygens (including phenoxy) is 1. The van der Waals surface area contributed by atoms with Gasteiger partial charge in [-0.1, -0.05) is 6.08 Å². The molecule has 104 valence electrons. The Morgan fingerprint density at radius 3 is 2.53 bits per heavy atom. The van der Waals surface area contributed by atoms with Gasteiger partial charge in [0, 0.05) is 5.92 Å². The first-order valence-corrected chi connectivity index (χ1v) is 6.34. The Morgan fingerprint density at radius 1 is 1.42 bits per heavy atom. The van der Waals surface area contributed by atoms with Crippen LogP contribution < -0.4 is 0 Å². The summed E-state index contributed by atoms with van der Waals surface area (Å²) >= 11 is 0. The maximum atomic E-state index is 11.2. The van der Waals surface area contributed by atoms with Gasteiger partial charge in [0.15, 0.2) is 11.5 Å². The van der Waals surface area contributed by atoms with Gasteiger partial charge in [-0.3, -0.25) is 9.69 Å². The summed E-state index contributed by atoms with van der Waals surface area (Å²) in [7, 11) is 3.73. The maximum Gasteiger partial charge on any atom is 0.178 e. The van der Waals surface area contributed by atoms with Crippen molar-refractivity contribution >= 4 is 12.1 Å². The molecule has 0 spiro atoms. The number of likely N-dealkylation sites (N-methyl/N-ethyl adjacent to an activating group) is 1. The molecule has 0 aromatic rings. The van der Waals surface area contributed by atoms with Crippen LogP contribution in [0.5, 0.6) is 0 Å². The summed E-state index contributed by atoms with van der Waals surface area (Å²) in [6, 6.07) is 0. The first-order chi connectivity index (χ1) is 9.04. The summed E-state index contributed by atoms with van der Waals surface area (Å²) in [5.41, 5.74) is -0.747. The van der Waals surface area contributed by atoms with Crippen LogP contribution in [0.1, 0.15) is 12.8 Å². The van der Waals surface area contributed by atoms with Crippen molar-refractivity contribution in [1.82, 2.24) is 4.90 Å². The van der Waals surface area contributed by atoms with Gasteiger partial charge < -0.3 is 9.53 Å². The molecular weight excluding hydrogens is 242 g/mol. The lowest BCUT2D eigenvalue weighted by molar-refractivity contribution is -0.120. The highest BCUT2D eigenvalue weighted by Crippen LogP contribution is 2.23. The minimum atomic E-state index is -0.747. The zero-order chi connectivity index (χ0) is 14.3. The van der Waals surface area contributed by atoms with E-state index in [9.17, 15) is 9.59 Å². The molecule has 4 heteroatoms. The van der Waals surface area contributed by atoms with E-state index < -0.39 is 5.72 Å². The number of rotatable bonds is 8. The molecular formula is C15H21NO3. The number of carbonyl (C=O) groups is 2. The second kappa shape index (κ2) is 7.16.